The Morgan fingerprint density at radius 1 is 0.933 bits per heavy atom. The molecule has 1 amide bonds. The number of benzene rings is 3. The van der Waals surface area contributed by atoms with Crippen LogP contribution in [0.5, 0.6) is 0 Å². The van der Waals surface area contributed by atoms with Crippen LogP contribution < -0.4 is 5.32 Å². The van der Waals surface area contributed by atoms with E-state index in [1.165, 1.54) is 52.0 Å². The number of aryl methyl sites for hydroxylation is 3. The number of hydrogen-bond acceptors (Lipinski definition) is 2. The van der Waals surface area contributed by atoms with Gasteiger partial charge < -0.3 is 5.32 Å². The third kappa shape index (κ3) is 5.14. The van der Waals surface area contributed by atoms with E-state index < -0.39 is 0 Å². The minimum Gasteiger partial charge on any atom is -0.346 e. The lowest BCUT2D eigenvalue weighted by atomic mass is 9.89. The summed E-state index contributed by atoms with van der Waals surface area (Å²) in [5.74, 6) is 0.884. The zero-order valence-electron chi connectivity index (χ0n) is 17.8. The minimum atomic E-state index is -0.0158. The highest BCUT2D eigenvalue weighted by Crippen LogP contribution is 2.25. The van der Waals surface area contributed by atoms with Gasteiger partial charge in [0.2, 0.25) is 0 Å². The van der Waals surface area contributed by atoms with Crippen LogP contribution in [0.3, 0.4) is 0 Å². The van der Waals surface area contributed by atoms with E-state index in [-0.39, 0.29) is 11.9 Å². The van der Waals surface area contributed by atoms with Crippen molar-refractivity contribution < 1.29 is 4.79 Å². The maximum absolute atomic E-state index is 12.7. The van der Waals surface area contributed by atoms with Crippen LogP contribution in [0.25, 0.3) is 0 Å². The Kier molecular flexibility index (Phi) is 6.59. The lowest BCUT2D eigenvalue weighted by Crippen LogP contribution is -2.26. The Labute approximate surface area is 184 Å². The summed E-state index contributed by atoms with van der Waals surface area (Å²) < 4.78 is 0. The van der Waals surface area contributed by atoms with Crippen molar-refractivity contribution in [3.8, 4) is 0 Å². The summed E-state index contributed by atoms with van der Waals surface area (Å²) in [6.07, 6.45) is 4.90. The van der Waals surface area contributed by atoms with E-state index in [4.69, 9.17) is 0 Å². The van der Waals surface area contributed by atoms with E-state index in [0.29, 0.717) is 5.56 Å². The van der Waals surface area contributed by atoms with Gasteiger partial charge in [-0.2, -0.15) is 0 Å². The van der Waals surface area contributed by atoms with Crippen molar-refractivity contribution in [1.29, 1.82) is 0 Å². The fourth-order valence-electron chi connectivity index (χ4n) is 3.94. The molecule has 1 N–H and O–H groups in total. The normalized spacial score (nSPS) is 14.1. The summed E-state index contributed by atoms with van der Waals surface area (Å²) in [7, 11) is 0. The molecule has 30 heavy (non-hydrogen) atoms. The summed E-state index contributed by atoms with van der Waals surface area (Å²) in [5.41, 5.74) is 7.33. The van der Waals surface area contributed by atoms with Crippen LogP contribution in [0.15, 0.2) is 71.6 Å². The van der Waals surface area contributed by atoms with Crippen LogP contribution in [0, 0.1) is 6.92 Å². The van der Waals surface area contributed by atoms with Gasteiger partial charge in [-0.15, -0.1) is 11.8 Å². The molecule has 0 heterocycles. The Hall–Kier alpha value is -2.52. The second-order valence-corrected chi connectivity index (χ2v) is 9.28. The van der Waals surface area contributed by atoms with Gasteiger partial charge in [-0.05, 0) is 86.1 Å². The van der Waals surface area contributed by atoms with Crippen molar-refractivity contribution in [2.24, 2.45) is 0 Å². The quantitative estimate of drug-likeness (QED) is 0.456. The first-order valence-corrected chi connectivity index (χ1v) is 11.8. The summed E-state index contributed by atoms with van der Waals surface area (Å²) in [6, 6.07) is 23.3. The van der Waals surface area contributed by atoms with E-state index in [0.717, 1.165) is 12.2 Å². The van der Waals surface area contributed by atoms with Gasteiger partial charge in [0, 0.05) is 16.2 Å². The van der Waals surface area contributed by atoms with Gasteiger partial charge in [-0.3, -0.25) is 4.79 Å². The van der Waals surface area contributed by atoms with Gasteiger partial charge in [-0.1, -0.05) is 48.0 Å². The van der Waals surface area contributed by atoms with Crippen molar-refractivity contribution in [2.45, 2.75) is 56.2 Å². The average Bonchev–Trinajstić information content (AvgIpc) is 2.78. The summed E-state index contributed by atoms with van der Waals surface area (Å²) in [4.78, 5) is 14.0. The average molecular weight is 416 g/mol. The number of rotatable bonds is 6. The fourth-order valence-corrected chi connectivity index (χ4v) is 4.79. The molecule has 4 rings (SSSR count). The molecular formula is C27H29NOS. The highest BCUT2D eigenvalue weighted by Gasteiger charge is 2.15. The van der Waals surface area contributed by atoms with Gasteiger partial charge in [0.1, 0.15) is 0 Å². The molecular weight excluding hydrogens is 386 g/mol. The summed E-state index contributed by atoms with van der Waals surface area (Å²) in [5, 5.41) is 3.16. The minimum absolute atomic E-state index is 0.00139. The van der Waals surface area contributed by atoms with E-state index in [1.54, 1.807) is 0 Å². The highest BCUT2D eigenvalue weighted by atomic mass is 32.2. The maximum atomic E-state index is 12.7. The third-order valence-corrected chi connectivity index (χ3v) is 6.95. The fraction of sp³-hybridized carbons (Fsp3) is 0.296. The molecule has 0 bridgehead atoms. The third-order valence-electron chi connectivity index (χ3n) is 5.86. The molecule has 0 aromatic heterocycles. The Morgan fingerprint density at radius 2 is 1.63 bits per heavy atom. The van der Waals surface area contributed by atoms with E-state index in [1.807, 2.05) is 23.9 Å². The van der Waals surface area contributed by atoms with Gasteiger partial charge in [0.05, 0.1) is 6.04 Å². The van der Waals surface area contributed by atoms with Crippen molar-refractivity contribution in [3.63, 3.8) is 0 Å². The number of carbonyl (C=O) groups excluding carboxylic acids is 1. The van der Waals surface area contributed by atoms with Crippen molar-refractivity contribution >= 4 is 17.7 Å². The molecule has 0 spiro atoms. The standard InChI is InChI=1S/C27H29NOS/c1-19-7-15-26(16-8-19)30-18-21-9-11-23(12-10-21)27(29)28-20(2)24-14-13-22-5-3-4-6-25(22)17-24/h7-17,20H,3-6,18H2,1-2H3,(H,28,29)/t20-/m0/s1. The summed E-state index contributed by atoms with van der Waals surface area (Å²) >= 11 is 1.81. The van der Waals surface area contributed by atoms with Gasteiger partial charge in [0.25, 0.3) is 5.91 Å². The van der Waals surface area contributed by atoms with Crippen LogP contribution in [-0.4, -0.2) is 5.91 Å². The molecule has 1 aliphatic carbocycles. The zero-order valence-corrected chi connectivity index (χ0v) is 18.6. The first-order chi connectivity index (χ1) is 14.6. The Bertz CT molecular complexity index is 1010. The first kappa shape index (κ1) is 20.7. The second-order valence-electron chi connectivity index (χ2n) is 8.23. The largest absolute Gasteiger partial charge is 0.346 e. The Balaban J connectivity index is 1.34. The van der Waals surface area contributed by atoms with Crippen molar-refractivity contribution in [3.05, 3.63) is 100 Å². The Morgan fingerprint density at radius 3 is 2.37 bits per heavy atom. The monoisotopic (exact) mass is 415 g/mol. The number of thioether (sulfide) groups is 1. The lowest BCUT2D eigenvalue weighted by molar-refractivity contribution is 0.0940. The number of carbonyl (C=O) groups is 1. The molecule has 3 aromatic rings. The highest BCUT2D eigenvalue weighted by molar-refractivity contribution is 7.98. The molecule has 1 atom stereocenters. The summed E-state index contributed by atoms with van der Waals surface area (Å²) in [6.45, 7) is 4.17. The van der Waals surface area contributed by atoms with Gasteiger partial charge >= 0.3 is 0 Å². The lowest BCUT2D eigenvalue weighted by Gasteiger charge is -2.20. The molecule has 0 unspecified atom stereocenters. The van der Waals surface area contributed by atoms with Crippen LogP contribution >= 0.6 is 11.8 Å². The molecule has 2 nitrogen and oxygen atoms in total. The van der Waals surface area contributed by atoms with E-state index in [2.05, 4.69) is 73.8 Å². The van der Waals surface area contributed by atoms with Gasteiger partial charge in [0.15, 0.2) is 0 Å². The van der Waals surface area contributed by atoms with E-state index >= 15 is 0 Å². The topological polar surface area (TPSA) is 29.1 Å². The first-order valence-electron chi connectivity index (χ1n) is 10.8. The number of fused-ring (bicyclic) bond motifs is 1. The number of amides is 1. The smallest absolute Gasteiger partial charge is 0.251 e. The molecule has 0 fully saturated rings. The SMILES string of the molecule is Cc1ccc(SCc2ccc(C(=O)N[C@@H](C)c3ccc4c(c3)CCCC4)cc2)cc1. The number of hydrogen-bond donors (Lipinski definition) is 1. The van der Waals surface area contributed by atoms with Crippen LogP contribution in [0.4, 0.5) is 0 Å². The second kappa shape index (κ2) is 9.53. The molecule has 0 saturated heterocycles. The predicted molar refractivity (Wildman–Crippen MR) is 126 cm³/mol. The maximum Gasteiger partial charge on any atom is 0.251 e. The number of nitrogens with one attached hydrogen (secondary N) is 1. The van der Waals surface area contributed by atoms with Crippen molar-refractivity contribution in [2.75, 3.05) is 0 Å². The van der Waals surface area contributed by atoms with E-state index in [9.17, 15) is 4.79 Å². The predicted octanol–water partition coefficient (Wildman–Crippen LogP) is 6.66. The molecule has 3 aromatic carbocycles. The van der Waals surface area contributed by atoms with Crippen LogP contribution in [0.1, 0.15) is 64.0 Å². The molecule has 0 aliphatic heterocycles. The van der Waals surface area contributed by atoms with Crippen molar-refractivity contribution in [1.82, 2.24) is 5.32 Å². The molecule has 3 heteroatoms. The van der Waals surface area contributed by atoms with Crippen LogP contribution in [-0.2, 0) is 18.6 Å². The molecule has 0 saturated carbocycles. The zero-order chi connectivity index (χ0) is 20.9. The molecule has 154 valence electrons. The van der Waals surface area contributed by atoms with Crippen LogP contribution in [0.2, 0.25) is 0 Å². The molecule has 1 aliphatic rings. The molecule has 0 radical (unpaired) electrons. The van der Waals surface area contributed by atoms with Gasteiger partial charge in [-0.25, -0.2) is 0 Å².